The fourth-order valence-corrected chi connectivity index (χ4v) is 3.12. The number of nitrogens with two attached hydrogens (primary N) is 1. The van der Waals surface area contributed by atoms with Crippen molar-refractivity contribution in [2.24, 2.45) is 23.0 Å². The average molecular weight is 268 g/mol. The molecule has 1 aliphatic carbocycles. The second kappa shape index (κ2) is 6.25. The molecule has 3 heteroatoms. The van der Waals surface area contributed by atoms with Gasteiger partial charge in [0.15, 0.2) is 0 Å². The monoisotopic (exact) mass is 268 g/mol. The van der Waals surface area contributed by atoms with Gasteiger partial charge in [0.1, 0.15) is 0 Å². The third-order valence-corrected chi connectivity index (χ3v) is 4.62. The van der Waals surface area contributed by atoms with Gasteiger partial charge in [0.05, 0.1) is 5.54 Å². The average Bonchev–Trinajstić information content (AvgIpc) is 2.48. The number of amides is 1. The highest BCUT2D eigenvalue weighted by atomic mass is 16.1. The minimum absolute atomic E-state index is 0.164. The summed E-state index contributed by atoms with van der Waals surface area (Å²) >= 11 is 0. The molecule has 3 nitrogen and oxygen atoms in total. The highest BCUT2D eigenvalue weighted by Gasteiger charge is 2.40. The van der Waals surface area contributed by atoms with Crippen molar-refractivity contribution in [1.29, 1.82) is 0 Å². The number of primary amides is 1. The Balaban J connectivity index is 2.76. The number of hydrogen-bond donors (Lipinski definition) is 2. The third kappa shape index (κ3) is 4.48. The van der Waals surface area contributed by atoms with Gasteiger partial charge < -0.3 is 11.1 Å². The molecule has 2 unspecified atom stereocenters. The molecule has 0 spiro atoms. The van der Waals surface area contributed by atoms with Crippen LogP contribution in [-0.4, -0.2) is 18.0 Å². The molecule has 1 amide bonds. The summed E-state index contributed by atoms with van der Waals surface area (Å²) in [6, 6.07) is 0. The summed E-state index contributed by atoms with van der Waals surface area (Å²) < 4.78 is 0. The molecule has 0 aromatic rings. The lowest BCUT2D eigenvalue weighted by Gasteiger charge is -2.33. The van der Waals surface area contributed by atoms with Crippen LogP contribution in [0.25, 0.3) is 0 Å². The van der Waals surface area contributed by atoms with Crippen molar-refractivity contribution in [3.8, 4) is 0 Å². The van der Waals surface area contributed by atoms with Crippen molar-refractivity contribution in [1.82, 2.24) is 5.32 Å². The molecular weight excluding hydrogens is 236 g/mol. The molecule has 1 fully saturated rings. The summed E-state index contributed by atoms with van der Waals surface area (Å²) in [6.07, 6.45) is 5.17. The van der Waals surface area contributed by atoms with E-state index in [1.165, 1.54) is 6.42 Å². The zero-order valence-electron chi connectivity index (χ0n) is 13.4. The van der Waals surface area contributed by atoms with Crippen LogP contribution in [0.15, 0.2) is 0 Å². The van der Waals surface area contributed by atoms with Gasteiger partial charge in [-0.15, -0.1) is 0 Å². The molecule has 0 aliphatic heterocycles. The van der Waals surface area contributed by atoms with Gasteiger partial charge in [-0.25, -0.2) is 0 Å². The van der Waals surface area contributed by atoms with Crippen molar-refractivity contribution in [3.05, 3.63) is 0 Å². The van der Waals surface area contributed by atoms with Gasteiger partial charge in [0.2, 0.25) is 5.91 Å². The highest BCUT2D eigenvalue weighted by Crippen LogP contribution is 2.39. The number of carbonyl (C=O) groups is 1. The smallest absolute Gasteiger partial charge is 0.237 e. The summed E-state index contributed by atoms with van der Waals surface area (Å²) in [4.78, 5) is 12.0. The molecule has 0 saturated heterocycles. The molecule has 3 N–H and O–H groups in total. The first kappa shape index (κ1) is 16.5. The molecule has 112 valence electrons. The predicted molar refractivity (Wildman–Crippen MR) is 80.8 cm³/mol. The number of rotatable bonds is 4. The first-order chi connectivity index (χ1) is 8.67. The highest BCUT2D eigenvalue weighted by molar-refractivity contribution is 5.84. The Morgan fingerprint density at radius 1 is 1.32 bits per heavy atom. The Kier molecular flexibility index (Phi) is 5.43. The first-order valence-electron chi connectivity index (χ1n) is 7.72. The van der Waals surface area contributed by atoms with Crippen molar-refractivity contribution >= 4 is 5.91 Å². The van der Waals surface area contributed by atoms with Crippen LogP contribution in [-0.2, 0) is 4.79 Å². The van der Waals surface area contributed by atoms with Crippen molar-refractivity contribution < 1.29 is 4.79 Å². The van der Waals surface area contributed by atoms with Gasteiger partial charge in [-0.1, -0.05) is 41.0 Å². The van der Waals surface area contributed by atoms with Gasteiger partial charge >= 0.3 is 0 Å². The normalized spacial score (nSPS) is 29.3. The minimum Gasteiger partial charge on any atom is -0.368 e. The zero-order valence-corrected chi connectivity index (χ0v) is 13.4. The Hall–Kier alpha value is -0.570. The van der Waals surface area contributed by atoms with Gasteiger partial charge in [0.25, 0.3) is 0 Å². The molecule has 19 heavy (non-hydrogen) atoms. The SMILES string of the molecule is CC(C)CNC1(C(N)=O)CCCC(C(C)(C)C)CC1. The van der Waals surface area contributed by atoms with E-state index in [4.69, 9.17) is 5.73 Å². The van der Waals surface area contributed by atoms with Crippen molar-refractivity contribution in [2.75, 3.05) is 6.54 Å². The molecular formula is C16H32N2O. The maximum atomic E-state index is 12.0. The number of nitrogens with one attached hydrogen (secondary N) is 1. The minimum atomic E-state index is -0.468. The second-order valence-electron chi connectivity index (χ2n) is 7.71. The van der Waals surface area contributed by atoms with E-state index in [2.05, 4.69) is 39.9 Å². The molecule has 1 saturated carbocycles. The first-order valence-corrected chi connectivity index (χ1v) is 7.72. The summed E-state index contributed by atoms with van der Waals surface area (Å²) in [5.74, 6) is 1.06. The van der Waals surface area contributed by atoms with E-state index >= 15 is 0 Å². The molecule has 1 rings (SSSR count). The van der Waals surface area contributed by atoms with Crippen LogP contribution in [0, 0.1) is 17.3 Å². The van der Waals surface area contributed by atoms with Crippen LogP contribution in [0.5, 0.6) is 0 Å². The quantitative estimate of drug-likeness (QED) is 0.770. The van der Waals surface area contributed by atoms with Gasteiger partial charge in [-0.2, -0.15) is 0 Å². The topological polar surface area (TPSA) is 55.1 Å². The number of hydrogen-bond acceptors (Lipinski definition) is 2. The molecule has 0 bridgehead atoms. The van der Waals surface area contributed by atoms with Gasteiger partial charge in [-0.3, -0.25) is 4.79 Å². The van der Waals surface area contributed by atoms with E-state index in [0.717, 1.165) is 32.2 Å². The molecule has 0 aromatic heterocycles. The summed E-state index contributed by atoms with van der Waals surface area (Å²) in [5.41, 5.74) is 5.57. The predicted octanol–water partition coefficient (Wildman–Crippen LogP) is 3.08. The van der Waals surface area contributed by atoms with E-state index in [1.54, 1.807) is 0 Å². The maximum absolute atomic E-state index is 12.0. The van der Waals surface area contributed by atoms with Gasteiger partial charge in [0, 0.05) is 0 Å². The standard InChI is InChI=1S/C16H32N2O/c1-12(2)11-18-16(14(17)19)9-6-7-13(8-10-16)15(3,4)5/h12-13,18H,6-11H2,1-5H3,(H2,17,19). The van der Waals surface area contributed by atoms with Crippen LogP contribution >= 0.6 is 0 Å². The Morgan fingerprint density at radius 3 is 2.42 bits per heavy atom. The third-order valence-electron chi connectivity index (χ3n) is 4.62. The Morgan fingerprint density at radius 2 is 1.95 bits per heavy atom. The van der Waals surface area contributed by atoms with Gasteiger partial charge in [-0.05, 0) is 49.5 Å². The number of carbonyl (C=O) groups excluding carboxylic acids is 1. The largest absolute Gasteiger partial charge is 0.368 e. The van der Waals surface area contributed by atoms with E-state index in [-0.39, 0.29) is 5.91 Å². The molecule has 0 radical (unpaired) electrons. The lowest BCUT2D eigenvalue weighted by Crippen LogP contribution is -2.56. The molecule has 2 atom stereocenters. The fraction of sp³-hybridized carbons (Fsp3) is 0.938. The molecule has 0 aromatic carbocycles. The lowest BCUT2D eigenvalue weighted by molar-refractivity contribution is -0.125. The molecule has 1 aliphatic rings. The Bertz CT molecular complexity index is 306. The van der Waals surface area contributed by atoms with Crippen molar-refractivity contribution in [3.63, 3.8) is 0 Å². The summed E-state index contributed by atoms with van der Waals surface area (Å²) in [7, 11) is 0. The van der Waals surface area contributed by atoms with E-state index in [0.29, 0.717) is 17.3 Å². The lowest BCUT2D eigenvalue weighted by atomic mass is 9.76. The Labute approximate surface area is 118 Å². The van der Waals surface area contributed by atoms with Crippen LogP contribution in [0.4, 0.5) is 0 Å². The van der Waals surface area contributed by atoms with E-state index in [1.807, 2.05) is 0 Å². The summed E-state index contributed by atoms with van der Waals surface area (Å²) in [6.45, 7) is 12.1. The maximum Gasteiger partial charge on any atom is 0.237 e. The van der Waals surface area contributed by atoms with E-state index < -0.39 is 5.54 Å². The van der Waals surface area contributed by atoms with Crippen LogP contribution < -0.4 is 11.1 Å². The fourth-order valence-electron chi connectivity index (χ4n) is 3.12. The van der Waals surface area contributed by atoms with E-state index in [9.17, 15) is 4.79 Å². The van der Waals surface area contributed by atoms with Crippen LogP contribution in [0.3, 0.4) is 0 Å². The zero-order chi connectivity index (χ0) is 14.7. The second-order valence-corrected chi connectivity index (χ2v) is 7.71. The van der Waals surface area contributed by atoms with Crippen molar-refractivity contribution in [2.45, 2.75) is 72.3 Å². The summed E-state index contributed by atoms with van der Waals surface area (Å²) in [5, 5.41) is 3.47. The molecule has 0 heterocycles. The van der Waals surface area contributed by atoms with Crippen LogP contribution in [0.2, 0.25) is 0 Å². The van der Waals surface area contributed by atoms with Crippen LogP contribution in [0.1, 0.15) is 66.7 Å².